The van der Waals surface area contributed by atoms with E-state index in [9.17, 15) is 5.11 Å². The molecule has 1 unspecified atom stereocenters. The summed E-state index contributed by atoms with van der Waals surface area (Å²) < 4.78 is 0. The van der Waals surface area contributed by atoms with Crippen LogP contribution in [0.2, 0.25) is 5.02 Å². The Balaban J connectivity index is 2.42. The molecule has 1 atom stereocenters. The van der Waals surface area contributed by atoms with Crippen molar-refractivity contribution in [3.8, 4) is 5.75 Å². The van der Waals surface area contributed by atoms with Crippen LogP contribution in [0.15, 0.2) is 18.2 Å². The predicted octanol–water partition coefficient (Wildman–Crippen LogP) is 2.42. The maximum absolute atomic E-state index is 9.78. The number of halogens is 1. The lowest BCUT2D eigenvalue weighted by Gasteiger charge is -2.21. The standard InChI is InChI=1S/C11H14ClNO/c1-7(13)11(4-5-11)9-3-2-8(12)6-10(9)14/h2-3,6-7,14H,4-5,13H2,1H3. The molecular formula is C11H14ClNO. The minimum absolute atomic E-state index is 0.00529. The Morgan fingerprint density at radius 1 is 1.50 bits per heavy atom. The van der Waals surface area contributed by atoms with E-state index >= 15 is 0 Å². The molecule has 0 spiro atoms. The fourth-order valence-corrected chi connectivity index (χ4v) is 2.20. The highest BCUT2D eigenvalue weighted by atomic mass is 35.5. The second-order valence-electron chi connectivity index (χ2n) is 4.11. The molecule has 0 aromatic heterocycles. The number of aromatic hydroxyl groups is 1. The summed E-state index contributed by atoms with van der Waals surface area (Å²) in [6, 6.07) is 5.35. The Kier molecular flexibility index (Phi) is 2.20. The Labute approximate surface area is 88.7 Å². The van der Waals surface area contributed by atoms with E-state index in [1.54, 1.807) is 12.1 Å². The van der Waals surface area contributed by atoms with Crippen molar-refractivity contribution < 1.29 is 5.11 Å². The minimum Gasteiger partial charge on any atom is -0.508 e. The van der Waals surface area contributed by atoms with Gasteiger partial charge in [-0.1, -0.05) is 17.7 Å². The molecule has 1 aliphatic rings. The summed E-state index contributed by atoms with van der Waals surface area (Å²) in [6.07, 6.45) is 2.11. The van der Waals surface area contributed by atoms with E-state index in [0.717, 1.165) is 18.4 Å². The van der Waals surface area contributed by atoms with Gasteiger partial charge in [0.15, 0.2) is 0 Å². The number of rotatable bonds is 2. The first-order valence-electron chi connectivity index (χ1n) is 4.81. The molecular weight excluding hydrogens is 198 g/mol. The summed E-state index contributed by atoms with van der Waals surface area (Å²) in [6.45, 7) is 1.99. The molecule has 1 fully saturated rings. The van der Waals surface area contributed by atoms with Gasteiger partial charge in [0.1, 0.15) is 5.75 Å². The van der Waals surface area contributed by atoms with Gasteiger partial charge in [0.25, 0.3) is 0 Å². The third-order valence-corrected chi connectivity index (χ3v) is 3.39. The summed E-state index contributed by atoms with van der Waals surface area (Å²) in [5, 5.41) is 10.3. The predicted molar refractivity (Wildman–Crippen MR) is 57.7 cm³/mol. The zero-order valence-corrected chi connectivity index (χ0v) is 8.88. The molecule has 0 bridgehead atoms. The van der Waals surface area contributed by atoms with Crippen LogP contribution in [-0.2, 0) is 5.41 Å². The summed E-state index contributed by atoms with van der Waals surface area (Å²) in [4.78, 5) is 0. The Morgan fingerprint density at radius 3 is 2.57 bits per heavy atom. The Morgan fingerprint density at radius 2 is 2.14 bits per heavy atom. The van der Waals surface area contributed by atoms with Crippen molar-refractivity contribution in [2.45, 2.75) is 31.2 Å². The van der Waals surface area contributed by atoms with Crippen molar-refractivity contribution in [1.29, 1.82) is 0 Å². The van der Waals surface area contributed by atoms with Gasteiger partial charge in [-0.15, -0.1) is 0 Å². The number of phenols is 1. The zero-order valence-electron chi connectivity index (χ0n) is 8.13. The smallest absolute Gasteiger partial charge is 0.120 e. The Bertz CT molecular complexity index is 358. The SMILES string of the molecule is CC(N)C1(c2ccc(Cl)cc2O)CC1. The zero-order chi connectivity index (χ0) is 10.3. The summed E-state index contributed by atoms with van der Waals surface area (Å²) in [5.41, 5.74) is 6.86. The maximum atomic E-state index is 9.78. The fraction of sp³-hybridized carbons (Fsp3) is 0.455. The molecule has 1 aromatic rings. The third kappa shape index (κ3) is 1.39. The second kappa shape index (κ2) is 3.14. The number of benzene rings is 1. The van der Waals surface area contributed by atoms with Crippen LogP contribution in [0.5, 0.6) is 5.75 Å². The molecule has 0 amide bonds. The third-order valence-electron chi connectivity index (χ3n) is 3.16. The first kappa shape index (κ1) is 9.81. The molecule has 2 nitrogen and oxygen atoms in total. The molecule has 2 rings (SSSR count). The largest absolute Gasteiger partial charge is 0.508 e. The molecule has 3 N–H and O–H groups in total. The van der Waals surface area contributed by atoms with E-state index in [2.05, 4.69) is 0 Å². The van der Waals surface area contributed by atoms with Gasteiger partial charge < -0.3 is 10.8 Å². The van der Waals surface area contributed by atoms with Gasteiger partial charge in [-0.25, -0.2) is 0 Å². The van der Waals surface area contributed by atoms with Crippen molar-refractivity contribution in [2.24, 2.45) is 5.73 Å². The number of hydrogen-bond donors (Lipinski definition) is 2. The summed E-state index contributed by atoms with van der Waals surface area (Å²) in [7, 11) is 0. The minimum atomic E-state index is -0.00529. The van der Waals surface area contributed by atoms with Gasteiger partial charge in [-0.2, -0.15) is 0 Å². The summed E-state index contributed by atoms with van der Waals surface area (Å²) in [5.74, 6) is 0.271. The second-order valence-corrected chi connectivity index (χ2v) is 4.54. The van der Waals surface area contributed by atoms with Crippen molar-refractivity contribution in [3.05, 3.63) is 28.8 Å². The molecule has 76 valence electrons. The van der Waals surface area contributed by atoms with Gasteiger partial charge >= 0.3 is 0 Å². The van der Waals surface area contributed by atoms with E-state index in [4.69, 9.17) is 17.3 Å². The van der Waals surface area contributed by atoms with Gasteiger partial charge in [-0.05, 0) is 31.9 Å². The number of hydrogen-bond acceptors (Lipinski definition) is 2. The van der Waals surface area contributed by atoms with Crippen LogP contribution in [0.1, 0.15) is 25.3 Å². The average Bonchev–Trinajstić information content (AvgIpc) is 2.84. The van der Waals surface area contributed by atoms with Crippen molar-refractivity contribution in [2.75, 3.05) is 0 Å². The summed E-state index contributed by atoms with van der Waals surface area (Å²) >= 11 is 5.78. The number of phenolic OH excluding ortho intramolecular Hbond substituents is 1. The van der Waals surface area contributed by atoms with Gasteiger partial charge in [0.05, 0.1) is 0 Å². The molecule has 1 saturated carbocycles. The maximum Gasteiger partial charge on any atom is 0.120 e. The highest BCUT2D eigenvalue weighted by molar-refractivity contribution is 6.30. The molecule has 0 heterocycles. The van der Waals surface area contributed by atoms with Crippen molar-refractivity contribution in [1.82, 2.24) is 0 Å². The number of nitrogens with two attached hydrogens (primary N) is 1. The lowest BCUT2D eigenvalue weighted by Crippen LogP contribution is -2.31. The lowest BCUT2D eigenvalue weighted by atomic mass is 9.89. The van der Waals surface area contributed by atoms with Crippen LogP contribution in [0.3, 0.4) is 0 Å². The van der Waals surface area contributed by atoms with Crippen LogP contribution in [0.4, 0.5) is 0 Å². The topological polar surface area (TPSA) is 46.2 Å². The molecule has 0 radical (unpaired) electrons. The monoisotopic (exact) mass is 211 g/mol. The van der Waals surface area contributed by atoms with E-state index in [1.807, 2.05) is 13.0 Å². The lowest BCUT2D eigenvalue weighted by molar-refractivity contribution is 0.447. The van der Waals surface area contributed by atoms with Gasteiger partial charge in [0, 0.05) is 22.0 Å². The normalized spacial score (nSPS) is 20.5. The molecule has 0 aliphatic heterocycles. The average molecular weight is 212 g/mol. The van der Waals surface area contributed by atoms with Crippen LogP contribution in [0.25, 0.3) is 0 Å². The first-order valence-corrected chi connectivity index (χ1v) is 5.19. The van der Waals surface area contributed by atoms with Crippen molar-refractivity contribution >= 4 is 11.6 Å². The molecule has 1 aromatic carbocycles. The van der Waals surface area contributed by atoms with Crippen molar-refractivity contribution in [3.63, 3.8) is 0 Å². The molecule has 0 saturated heterocycles. The molecule has 1 aliphatic carbocycles. The van der Waals surface area contributed by atoms with Crippen LogP contribution < -0.4 is 5.73 Å². The highest BCUT2D eigenvalue weighted by Gasteiger charge is 2.48. The van der Waals surface area contributed by atoms with Crippen LogP contribution in [-0.4, -0.2) is 11.1 Å². The molecule has 14 heavy (non-hydrogen) atoms. The highest BCUT2D eigenvalue weighted by Crippen LogP contribution is 2.53. The van der Waals surface area contributed by atoms with E-state index in [0.29, 0.717) is 5.02 Å². The quantitative estimate of drug-likeness (QED) is 0.789. The van der Waals surface area contributed by atoms with E-state index in [1.165, 1.54) is 0 Å². The van der Waals surface area contributed by atoms with Crippen LogP contribution >= 0.6 is 11.6 Å². The van der Waals surface area contributed by atoms with Gasteiger partial charge in [0.2, 0.25) is 0 Å². The molecule has 3 heteroatoms. The van der Waals surface area contributed by atoms with E-state index < -0.39 is 0 Å². The fourth-order valence-electron chi connectivity index (χ4n) is 2.03. The Hall–Kier alpha value is -0.730. The van der Waals surface area contributed by atoms with Crippen LogP contribution in [0, 0.1) is 0 Å². The van der Waals surface area contributed by atoms with E-state index in [-0.39, 0.29) is 17.2 Å². The first-order chi connectivity index (χ1) is 6.56. The van der Waals surface area contributed by atoms with Gasteiger partial charge in [-0.3, -0.25) is 0 Å².